The van der Waals surface area contributed by atoms with Crippen molar-refractivity contribution in [3.8, 4) is 0 Å². The number of aryl methyl sites for hydroxylation is 1. The Balaban J connectivity index is 1.56. The molecule has 4 aromatic rings. The fourth-order valence-corrected chi connectivity index (χ4v) is 3.13. The van der Waals surface area contributed by atoms with E-state index in [9.17, 15) is 4.79 Å². The van der Waals surface area contributed by atoms with E-state index in [-0.39, 0.29) is 5.63 Å². The summed E-state index contributed by atoms with van der Waals surface area (Å²) in [5.74, 6) is 0.732. The summed E-state index contributed by atoms with van der Waals surface area (Å²) in [6, 6.07) is 16.9. The number of hydrogen-bond acceptors (Lipinski definition) is 6. The highest BCUT2D eigenvalue weighted by Gasteiger charge is 2.07. The number of fused-ring (bicyclic) bond motifs is 1. The predicted molar refractivity (Wildman–Crippen MR) is 106 cm³/mol. The lowest BCUT2D eigenvalue weighted by atomic mass is 10.1. The highest BCUT2D eigenvalue weighted by Crippen LogP contribution is 2.28. The Morgan fingerprint density at radius 3 is 2.85 bits per heavy atom. The molecule has 0 saturated carbocycles. The number of hydrogen-bond donors (Lipinski definition) is 1. The van der Waals surface area contributed by atoms with Crippen LogP contribution in [0.2, 0.25) is 0 Å². The molecule has 6 heteroatoms. The van der Waals surface area contributed by atoms with Crippen molar-refractivity contribution in [1.82, 2.24) is 4.98 Å². The van der Waals surface area contributed by atoms with E-state index < -0.39 is 0 Å². The van der Waals surface area contributed by atoms with Gasteiger partial charge in [0.1, 0.15) is 11.4 Å². The van der Waals surface area contributed by atoms with Gasteiger partial charge in [-0.25, -0.2) is 14.8 Å². The molecule has 0 atom stereocenters. The molecule has 2 aromatic heterocycles. The molecular formula is C20H15N3O2S. The van der Waals surface area contributed by atoms with Crippen LogP contribution in [0.15, 0.2) is 74.2 Å². The summed E-state index contributed by atoms with van der Waals surface area (Å²) in [5.41, 5.74) is 3.14. The van der Waals surface area contributed by atoms with Gasteiger partial charge < -0.3 is 9.73 Å². The van der Waals surface area contributed by atoms with Crippen LogP contribution in [0, 0.1) is 6.92 Å². The van der Waals surface area contributed by atoms with E-state index >= 15 is 0 Å². The van der Waals surface area contributed by atoms with Crippen molar-refractivity contribution in [3.05, 3.63) is 81.5 Å². The molecule has 4 rings (SSSR count). The molecule has 0 aliphatic rings. The molecule has 0 saturated heterocycles. The molecule has 0 bridgehead atoms. The lowest BCUT2D eigenvalue weighted by Crippen LogP contribution is -1.97. The zero-order chi connectivity index (χ0) is 17.9. The highest BCUT2D eigenvalue weighted by atomic mass is 32.1. The van der Waals surface area contributed by atoms with Gasteiger partial charge in [-0.1, -0.05) is 30.3 Å². The minimum absolute atomic E-state index is 0.349. The average Bonchev–Trinajstić information content (AvgIpc) is 3.09. The van der Waals surface area contributed by atoms with Crippen LogP contribution >= 0.6 is 11.3 Å². The molecule has 5 nitrogen and oxygen atoms in total. The van der Waals surface area contributed by atoms with Gasteiger partial charge >= 0.3 is 5.63 Å². The summed E-state index contributed by atoms with van der Waals surface area (Å²) >= 11 is 1.47. The fourth-order valence-electron chi connectivity index (χ4n) is 2.54. The summed E-state index contributed by atoms with van der Waals surface area (Å²) in [5, 5.41) is 6.76. The van der Waals surface area contributed by atoms with E-state index in [2.05, 4.69) is 15.3 Å². The third-order valence-electron chi connectivity index (χ3n) is 3.84. The van der Waals surface area contributed by atoms with Gasteiger partial charge in [-0.05, 0) is 36.2 Å². The first-order chi connectivity index (χ1) is 12.7. The number of anilines is 2. The van der Waals surface area contributed by atoms with Crippen LogP contribution in [0.1, 0.15) is 11.1 Å². The molecule has 0 radical (unpaired) electrons. The Bertz CT molecular complexity index is 1150. The fraction of sp³-hybridized carbons (Fsp3) is 0.0500. The van der Waals surface area contributed by atoms with Crippen molar-refractivity contribution in [2.45, 2.75) is 6.92 Å². The van der Waals surface area contributed by atoms with Crippen molar-refractivity contribution in [3.63, 3.8) is 0 Å². The first kappa shape index (κ1) is 16.2. The van der Waals surface area contributed by atoms with Gasteiger partial charge in [0.2, 0.25) is 5.13 Å². The van der Waals surface area contributed by atoms with Crippen LogP contribution in [0.5, 0.6) is 0 Å². The summed E-state index contributed by atoms with van der Waals surface area (Å²) in [7, 11) is 0. The summed E-state index contributed by atoms with van der Waals surface area (Å²) in [6.45, 7) is 1.95. The number of benzene rings is 2. The van der Waals surface area contributed by atoms with E-state index in [0.29, 0.717) is 10.7 Å². The Hall–Kier alpha value is -3.25. The van der Waals surface area contributed by atoms with E-state index in [0.717, 1.165) is 28.0 Å². The van der Waals surface area contributed by atoms with E-state index in [1.54, 1.807) is 12.3 Å². The average molecular weight is 361 g/mol. The second-order valence-electron chi connectivity index (χ2n) is 5.77. The molecular weight excluding hydrogens is 346 g/mol. The monoisotopic (exact) mass is 361 g/mol. The molecule has 2 heterocycles. The van der Waals surface area contributed by atoms with E-state index in [1.807, 2.05) is 54.8 Å². The second kappa shape index (κ2) is 6.93. The maximum atomic E-state index is 11.3. The van der Waals surface area contributed by atoms with Gasteiger partial charge in [0.05, 0.1) is 0 Å². The Morgan fingerprint density at radius 2 is 2.00 bits per heavy atom. The van der Waals surface area contributed by atoms with Crippen LogP contribution in [0.4, 0.5) is 16.6 Å². The number of nitrogens with zero attached hydrogens (tertiary/aromatic N) is 2. The van der Waals surface area contributed by atoms with Gasteiger partial charge in [0.15, 0.2) is 0 Å². The van der Waals surface area contributed by atoms with Crippen molar-refractivity contribution in [2.24, 2.45) is 4.99 Å². The SMILES string of the molecule is Cc1cc2oc(=O)ccc2cc1Nc1csc(/N=C/c2ccccc2)n1. The normalized spacial score (nSPS) is 11.3. The number of thiazole rings is 1. The van der Waals surface area contributed by atoms with Crippen LogP contribution in [0.3, 0.4) is 0 Å². The minimum atomic E-state index is -0.349. The predicted octanol–water partition coefficient (Wildman–Crippen LogP) is 5.05. The molecule has 2 aromatic carbocycles. The number of rotatable bonds is 4. The second-order valence-corrected chi connectivity index (χ2v) is 6.61. The number of nitrogens with one attached hydrogen (secondary N) is 1. The molecule has 26 heavy (non-hydrogen) atoms. The molecule has 0 fully saturated rings. The Kier molecular flexibility index (Phi) is 4.33. The van der Waals surface area contributed by atoms with Gasteiger partial charge in [0.25, 0.3) is 0 Å². The third-order valence-corrected chi connectivity index (χ3v) is 4.59. The third kappa shape index (κ3) is 3.55. The Morgan fingerprint density at radius 1 is 1.15 bits per heavy atom. The standard InChI is InChI=1S/C20H15N3O2S/c1-13-9-17-15(7-8-19(24)25-17)10-16(13)22-18-12-26-20(23-18)21-11-14-5-3-2-4-6-14/h2-12,22H,1H3/b21-11+. The van der Waals surface area contributed by atoms with Crippen molar-refractivity contribution in [1.29, 1.82) is 0 Å². The summed E-state index contributed by atoms with van der Waals surface area (Å²) in [4.78, 5) is 20.2. The summed E-state index contributed by atoms with van der Waals surface area (Å²) in [6.07, 6.45) is 1.80. The first-order valence-corrected chi connectivity index (χ1v) is 8.91. The van der Waals surface area contributed by atoms with Crippen LogP contribution in [-0.2, 0) is 0 Å². The van der Waals surface area contributed by atoms with Crippen molar-refractivity contribution < 1.29 is 4.42 Å². The first-order valence-electron chi connectivity index (χ1n) is 8.03. The molecule has 0 aliphatic carbocycles. The smallest absolute Gasteiger partial charge is 0.336 e. The zero-order valence-electron chi connectivity index (χ0n) is 14.0. The van der Waals surface area contributed by atoms with E-state index in [1.165, 1.54) is 17.4 Å². The minimum Gasteiger partial charge on any atom is -0.423 e. The van der Waals surface area contributed by atoms with Gasteiger partial charge in [-0.15, -0.1) is 11.3 Å². The van der Waals surface area contributed by atoms with Crippen LogP contribution < -0.4 is 10.9 Å². The quantitative estimate of drug-likeness (QED) is 0.408. The molecule has 0 amide bonds. The number of aliphatic imine (C=N–C) groups is 1. The van der Waals surface area contributed by atoms with Crippen molar-refractivity contribution in [2.75, 3.05) is 5.32 Å². The lowest BCUT2D eigenvalue weighted by molar-refractivity contribution is 0.561. The summed E-state index contributed by atoms with van der Waals surface area (Å²) < 4.78 is 5.21. The lowest BCUT2D eigenvalue weighted by Gasteiger charge is -2.08. The zero-order valence-corrected chi connectivity index (χ0v) is 14.8. The largest absolute Gasteiger partial charge is 0.423 e. The van der Waals surface area contributed by atoms with E-state index in [4.69, 9.17) is 4.42 Å². The molecule has 0 unspecified atom stereocenters. The van der Waals surface area contributed by atoms with Gasteiger partial charge in [-0.2, -0.15) is 0 Å². The van der Waals surface area contributed by atoms with Gasteiger partial charge in [0, 0.05) is 28.7 Å². The van der Waals surface area contributed by atoms with Crippen LogP contribution in [0.25, 0.3) is 11.0 Å². The van der Waals surface area contributed by atoms with Crippen LogP contribution in [-0.4, -0.2) is 11.2 Å². The highest BCUT2D eigenvalue weighted by molar-refractivity contribution is 7.13. The molecule has 1 N–H and O–H groups in total. The van der Waals surface area contributed by atoms with Gasteiger partial charge in [-0.3, -0.25) is 0 Å². The van der Waals surface area contributed by atoms with Crippen molar-refractivity contribution >= 4 is 45.2 Å². The molecule has 128 valence electrons. The molecule has 0 aliphatic heterocycles. The maximum Gasteiger partial charge on any atom is 0.336 e. The maximum absolute atomic E-state index is 11.3. The topological polar surface area (TPSA) is 67.5 Å². The molecule has 0 spiro atoms. The number of aromatic nitrogens is 1. The Labute approximate surface area is 153 Å².